The molecule has 1 aromatic carbocycles. The lowest BCUT2D eigenvalue weighted by atomic mass is 10.1. The largest absolute Gasteiger partial charge is 0.423 e. The number of carbonyl (C=O) groups is 1. The summed E-state index contributed by atoms with van der Waals surface area (Å²) in [6.07, 6.45) is -0.559. The summed E-state index contributed by atoms with van der Waals surface area (Å²) in [6, 6.07) is 7.37. The van der Waals surface area contributed by atoms with Crippen LogP contribution in [0, 0.1) is 0 Å². The minimum Gasteiger partial charge on any atom is -0.423 e. The molecule has 0 spiro atoms. The molecule has 32 heavy (non-hydrogen) atoms. The lowest BCUT2D eigenvalue weighted by Crippen LogP contribution is -2.48. The summed E-state index contributed by atoms with van der Waals surface area (Å²) < 4.78 is 25.0. The first kappa shape index (κ1) is 20.9. The molecule has 0 unspecified atom stereocenters. The number of hydrogen-bond donors (Lipinski definition) is 2. The van der Waals surface area contributed by atoms with E-state index in [2.05, 4.69) is 31.1 Å². The van der Waals surface area contributed by atoms with E-state index < -0.39 is 0 Å². The minimum absolute atomic E-state index is 0.234. The molecular weight excluding hydrogens is 418 g/mol. The van der Waals surface area contributed by atoms with Crippen molar-refractivity contribution in [2.75, 3.05) is 51.0 Å². The van der Waals surface area contributed by atoms with Gasteiger partial charge in [0.2, 0.25) is 0 Å². The van der Waals surface area contributed by atoms with E-state index in [0.29, 0.717) is 38.7 Å². The zero-order valence-corrected chi connectivity index (χ0v) is 17.8. The number of morpholine rings is 1. The van der Waals surface area contributed by atoms with Gasteiger partial charge >= 0.3 is 12.0 Å². The second-order valence-corrected chi connectivity index (χ2v) is 7.88. The van der Waals surface area contributed by atoms with Crippen LogP contribution in [0.5, 0.6) is 11.8 Å². The lowest BCUT2D eigenvalue weighted by Gasteiger charge is -2.29. The molecule has 12 nitrogen and oxygen atoms in total. The molecule has 1 aromatic heterocycles. The SMILES string of the molecule is CCNC(=O)N[C@H]1CO[C@H]2[C@@H]1OC[C@@H]2n1nnnc1Oc1cccc(N2CCOCC2)c1. The molecule has 4 atom stereocenters. The fourth-order valence-corrected chi connectivity index (χ4v) is 4.32. The van der Waals surface area contributed by atoms with Gasteiger partial charge in [-0.1, -0.05) is 11.2 Å². The summed E-state index contributed by atoms with van der Waals surface area (Å²) in [5, 5.41) is 17.6. The van der Waals surface area contributed by atoms with Crippen LogP contribution >= 0.6 is 0 Å². The van der Waals surface area contributed by atoms with Gasteiger partial charge in [-0.05, 0) is 29.5 Å². The average molecular weight is 445 g/mol. The zero-order chi connectivity index (χ0) is 21.9. The standard InChI is InChI=1S/C20H27N7O5/c1-2-21-19(28)22-15-11-30-18-16(12-31-17(15)18)27-20(23-24-25-27)32-14-5-3-4-13(10-14)26-6-8-29-9-7-26/h3-5,10,15-18H,2,6-9,11-12H2,1H3,(H2,21,22,28)/t15-,16-,17+,18+/m0/s1. The van der Waals surface area contributed by atoms with Crippen LogP contribution in [0.3, 0.4) is 0 Å². The van der Waals surface area contributed by atoms with E-state index in [1.807, 2.05) is 31.2 Å². The molecular formula is C20H27N7O5. The Labute approximate surface area is 185 Å². The predicted octanol–water partition coefficient (Wildman–Crippen LogP) is 0.328. The quantitative estimate of drug-likeness (QED) is 0.647. The van der Waals surface area contributed by atoms with Crippen LogP contribution in [-0.4, -0.2) is 90.5 Å². The molecule has 2 aromatic rings. The first-order valence-corrected chi connectivity index (χ1v) is 10.9. The highest BCUT2D eigenvalue weighted by Crippen LogP contribution is 2.36. The lowest BCUT2D eigenvalue weighted by molar-refractivity contribution is 0.0613. The normalized spacial score (nSPS) is 27.2. The maximum atomic E-state index is 11.9. The van der Waals surface area contributed by atoms with Crippen molar-refractivity contribution in [2.45, 2.75) is 31.2 Å². The molecule has 3 aliphatic heterocycles. The molecule has 5 rings (SSSR count). The van der Waals surface area contributed by atoms with E-state index in [4.69, 9.17) is 18.9 Å². The van der Waals surface area contributed by atoms with Crippen LogP contribution in [0.25, 0.3) is 0 Å². The van der Waals surface area contributed by atoms with Gasteiger partial charge in [0.05, 0.1) is 32.5 Å². The topological polar surface area (TPSA) is 125 Å². The van der Waals surface area contributed by atoms with Gasteiger partial charge in [-0.15, -0.1) is 0 Å². The van der Waals surface area contributed by atoms with Crippen molar-refractivity contribution in [1.29, 1.82) is 0 Å². The van der Waals surface area contributed by atoms with Gasteiger partial charge in [-0.2, -0.15) is 4.68 Å². The van der Waals surface area contributed by atoms with Gasteiger partial charge in [0.1, 0.15) is 24.0 Å². The number of amides is 2. The number of nitrogens with one attached hydrogen (secondary N) is 2. The van der Waals surface area contributed by atoms with Crippen molar-refractivity contribution in [3.63, 3.8) is 0 Å². The van der Waals surface area contributed by atoms with Gasteiger partial charge in [0, 0.05) is 31.4 Å². The molecule has 2 N–H and O–H groups in total. The number of ether oxygens (including phenoxy) is 4. The third-order valence-corrected chi connectivity index (χ3v) is 5.86. The van der Waals surface area contributed by atoms with Gasteiger partial charge in [0.15, 0.2) is 0 Å². The third-order valence-electron chi connectivity index (χ3n) is 5.86. The van der Waals surface area contributed by atoms with Crippen LogP contribution in [0.4, 0.5) is 10.5 Å². The molecule has 3 saturated heterocycles. The van der Waals surface area contributed by atoms with Crippen LogP contribution in [0.1, 0.15) is 13.0 Å². The van der Waals surface area contributed by atoms with Crippen molar-refractivity contribution in [2.24, 2.45) is 0 Å². The van der Waals surface area contributed by atoms with Crippen molar-refractivity contribution in [3.8, 4) is 11.8 Å². The molecule has 3 fully saturated rings. The zero-order valence-electron chi connectivity index (χ0n) is 17.8. The number of tetrazole rings is 1. The number of carbonyl (C=O) groups excluding carboxylic acids is 1. The van der Waals surface area contributed by atoms with Gasteiger partial charge in [0.25, 0.3) is 0 Å². The number of urea groups is 1. The van der Waals surface area contributed by atoms with Gasteiger partial charge in [-0.25, -0.2) is 4.79 Å². The van der Waals surface area contributed by atoms with Gasteiger partial charge in [-0.3, -0.25) is 0 Å². The number of rotatable bonds is 6. The molecule has 12 heteroatoms. The summed E-state index contributed by atoms with van der Waals surface area (Å²) in [5.74, 6) is 0.642. The van der Waals surface area contributed by atoms with Gasteiger partial charge < -0.3 is 34.5 Å². The number of benzene rings is 1. The van der Waals surface area contributed by atoms with E-state index in [1.54, 1.807) is 4.68 Å². The van der Waals surface area contributed by atoms with E-state index in [-0.39, 0.29) is 36.3 Å². The second kappa shape index (κ2) is 9.27. The molecule has 0 aliphatic carbocycles. The summed E-state index contributed by atoms with van der Waals surface area (Å²) in [5.41, 5.74) is 1.06. The predicted molar refractivity (Wildman–Crippen MR) is 112 cm³/mol. The Kier molecular flexibility index (Phi) is 6.06. The highest BCUT2D eigenvalue weighted by Gasteiger charge is 2.50. The minimum atomic E-state index is -0.285. The van der Waals surface area contributed by atoms with E-state index in [0.717, 1.165) is 18.8 Å². The number of aromatic nitrogens is 4. The number of anilines is 1. The van der Waals surface area contributed by atoms with Crippen LogP contribution in [0.2, 0.25) is 0 Å². The number of nitrogens with zero attached hydrogens (tertiary/aromatic N) is 5. The highest BCUT2D eigenvalue weighted by molar-refractivity contribution is 5.74. The molecule has 2 amide bonds. The van der Waals surface area contributed by atoms with Crippen molar-refractivity contribution in [3.05, 3.63) is 24.3 Å². The van der Waals surface area contributed by atoms with Crippen molar-refractivity contribution in [1.82, 2.24) is 30.8 Å². The molecule has 0 saturated carbocycles. The summed E-state index contributed by atoms with van der Waals surface area (Å²) in [4.78, 5) is 14.1. The molecule has 172 valence electrons. The summed E-state index contributed by atoms with van der Waals surface area (Å²) in [6.45, 7) is 6.24. The maximum absolute atomic E-state index is 11.9. The van der Waals surface area contributed by atoms with Crippen LogP contribution in [0.15, 0.2) is 24.3 Å². The number of fused-ring (bicyclic) bond motifs is 1. The number of hydrogen-bond acceptors (Lipinski definition) is 9. The monoisotopic (exact) mass is 445 g/mol. The highest BCUT2D eigenvalue weighted by atomic mass is 16.6. The molecule has 0 radical (unpaired) electrons. The Bertz CT molecular complexity index is 935. The fraction of sp³-hybridized carbons (Fsp3) is 0.600. The van der Waals surface area contributed by atoms with Crippen molar-refractivity contribution >= 4 is 11.7 Å². The summed E-state index contributed by atoms with van der Waals surface area (Å²) >= 11 is 0. The smallest absolute Gasteiger partial charge is 0.341 e. The Balaban J connectivity index is 1.27. The van der Waals surface area contributed by atoms with E-state index >= 15 is 0 Å². The third kappa shape index (κ3) is 4.20. The Morgan fingerprint density at radius 2 is 2.06 bits per heavy atom. The summed E-state index contributed by atoms with van der Waals surface area (Å²) in [7, 11) is 0. The van der Waals surface area contributed by atoms with Crippen molar-refractivity contribution < 1.29 is 23.7 Å². The Hall–Kier alpha value is -2.96. The molecule has 3 aliphatic rings. The Morgan fingerprint density at radius 3 is 2.91 bits per heavy atom. The first-order valence-electron chi connectivity index (χ1n) is 10.9. The molecule has 0 bridgehead atoms. The molecule has 4 heterocycles. The van der Waals surface area contributed by atoms with Crippen LogP contribution in [-0.2, 0) is 14.2 Å². The fourth-order valence-electron chi connectivity index (χ4n) is 4.32. The second-order valence-electron chi connectivity index (χ2n) is 7.88. The maximum Gasteiger partial charge on any atom is 0.341 e. The van der Waals surface area contributed by atoms with E-state index in [9.17, 15) is 4.79 Å². The Morgan fingerprint density at radius 1 is 1.22 bits per heavy atom. The first-order chi connectivity index (χ1) is 15.7. The average Bonchev–Trinajstić information content (AvgIpc) is 3.53. The van der Waals surface area contributed by atoms with Crippen LogP contribution < -0.4 is 20.3 Å². The van der Waals surface area contributed by atoms with E-state index in [1.165, 1.54) is 0 Å².